The van der Waals surface area contributed by atoms with Crippen molar-refractivity contribution in [2.45, 2.75) is 13.5 Å². The average Bonchev–Trinajstić information content (AvgIpc) is 2.54. The van der Waals surface area contributed by atoms with Crippen LogP contribution >= 0.6 is 0 Å². The predicted molar refractivity (Wildman–Crippen MR) is 84.6 cm³/mol. The molecule has 0 fully saturated rings. The van der Waals surface area contributed by atoms with E-state index in [0.717, 1.165) is 11.1 Å². The zero-order chi connectivity index (χ0) is 15.9. The van der Waals surface area contributed by atoms with E-state index in [9.17, 15) is 9.59 Å². The van der Waals surface area contributed by atoms with E-state index in [2.05, 4.69) is 10.6 Å². The summed E-state index contributed by atoms with van der Waals surface area (Å²) >= 11 is 0. The molecular weight excluding hydrogens is 280 g/mol. The molecule has 5 nitrogen and oxygen atoms in total. The lowest BCUT2D eigenvalue weighted by atomic mass is 10.2. The maximum atomic E-state index is 11.8. The lowest BCUT2D eigenvalue weighted by Crippen LogP contribution is -2.34. The number of amides is 2. The van der Waals surface area contributed by atoms with Crippen LogP contribution in [0.3, 0.4) is 0 Å². The third-order valence-corrected chi connectivity index (χ3v) is 3.10. The van der Waals surface area contributed by atoms with E-state index in [4.69, 9.17) is 4.74 Å². The fourth-order valence-corrected chi connectivity index (χ4v) is 1.87. The van der Waals surface area contributed by atoms with Crippen molar-refractivity contribution in [2.24, 2.45) is 0 Å². The first kappa shape index (κ1) is 15.6. The van der Waals surface area contributed by atoms with E-state index in [1.54, 1.807) is 25.3 Å². The maximum Gasteiger partial charge on any atom is 0.313 e. The zero-order valence-electron chi connectivity index (χ0n) is 12.6. The standard InChI is InChI=1S/C17H18N2O3/c1-12-6-8-14(9-7-12)19-17(21)16(20)18-11-13-4-3-5-15(10-13)22-2/h3-10H,11H2,1-2H3,(H,18,20)(H,19,21). The normalized spacial score (nSPS) is 9.91. The van der Waals surface area contributed by atoms with Crippen molar-refractivity contribution in [3.8, 4) is 5.75 Å². The highest BCUT2D eigenvalue weighted by Crippen LogP contribution is 2.12. The summed E-state index contributed by atoms with van der Waals surface area (Å²) in [5.74, 6) is -0.661. The predicted octanol–water partition coefficient (Wildman–Crippen LogP) is 2.26. The molecular formula is C17H18N2O3. The lowest BCUT2D eigenvalue weighted by molar-refractivity contribution is -0.136. The summed E-state index contributed by atoms with van der Waals surface area (Å²) in [6.07, 6.45) is 0. The number of hydrogen-bond acceptors (Lipinski definition) is 3. The highest BCUT2D eigenvalue weighted by atomic mass is 16.5. The lowest BCUT2D eigenvalue weighted by Gasteiger charge is -2.08. The molecule has 0 bridgehead atoms. The van der Waals surface area contributed by atoms with Crippen LogP contribution in [0, 0.1) is 6.92 Å². The molecule has 0 saturated heterocycles. The number of ether oxygens (including phenoxy) is 1. The molecule has 0 aromatic heterocycles. The van der Waals surface area contributed by atoms with Gasteiger partial charge >= 0.3 is 11.8 Å². The summed E-state index contributed by atoms with van der Waals surface area (Å²) in [5.41, 5.74) is 2.53. The van der Waals surface area contributed by atoms with Crippen molar-refractivity contribution in [3.63, 3.8) is 0 Å². The Morgan fingerprint density at radius 2 is 1.77 bits per heavy atom. The van der Waals surface area contributed by atoms with Crippen LogP contribution in [0.1, 0.15) is 11.1 Å². The first-order chi connectivity index (χ1) is 10.6. The molecule has 2 aromatic carbocycles. The minimum atomic E-state index is -0.688. The quantitative estimate of drug-likeness (QED) is 0.851. The third-order valence-electron chi connectivity index (χ3n) is 3.10. The van der Waals surface area contributed by atoms with E-state index in [1.165, 1.54) is 0 Å². The van der Waals surface area contributed by atoms with Gasteiger partial charge in [0, 0.05) is 12.2 Å². The van der Waals surface area contributed by atoms with E-state index < -0.39 is 11.8 Å². The second kappa shape index (κ2) is 7.26. The average molecular weight is 298 g/mol. The molecule has 2 aromatic rings. The molecule has 0 aliphatic rings. The Balaban J connectivity index is 1.88. The summed E-state index contributed by atoms with van der Waals surface area (Å²) in [5, 5.41) is 5.13. The third kappa shape index (κ3) is 4.34. The van der Waals surface area contributed by atoms with Crippen LogP contribution in [0.2, 0.25) is 0 Å². The topological polar surface area (TPSA) is 67.4 Å². The number of hydrogen-bond donors (Lipinski definition) is 2. The molecule has 0 saturated carbocycles. The number of benzene rings is 2. The van der Waals surface area contributed by atoms with Crippen LogP contribution < -0.4 is 15.4 Å². The van der Waals surface area contributed by atoms with E-state index in [1.807, 2.05) is 37.3 Å². The van der Waals surface area contributed by atoms with Crippen molar-refractivity contribution in [2.75, 3.05) is 12.4 Å². The Bertz CT molecular complexity index is 666. The Labute approximate surface area is 129 Å². The largest absolute Gasteiger partial charge is 0.497 e. The monoisotopic (exact) mass is 298 g/mol. The molecule has 2 N–H and O–H groups in total. The van der Waals surface area contributed by atoms with Crippen molar-refractivity contribution in [1.29, 1.82) is 0 Å². The second-order valence-electron chi connectivity index (χ2n) is 4.85. The minimum absolute atomic E-state index is 0.261. The van der Waals surface area contributed by atoms with Crippen molar-refractivity contribution in [3.05, 3.63) is 59.7 Å². The zero-order valence-corrected chi connectivity index (χ0v) is 12.6. The van der Waals surface area contributed by atoms with Crippen LogP contribution in [0.25, 0.3) is 0 Å². The summed E-state index contributed by atoms with van der Waals surface area (Å²) in [6.45, 7) is 2.21. The summed E-state index contributed by atoms with van der Waals surface area (Å²) in [4.78, 5) is 23.6. The van der Waals surface area contributed by atoms with Crippen LogP contribution in [-0.4, -0.2) is 18.9 Å². The SMILES string of the molecule is COc1cccc(CNC(=O)C(=O)Nc2ccc(C)cc2)c1. The summed E-state index contributed by atoms with van der Waals surface area (Å²) in [6, 6.07) is 14.5. The number of nitrogens with one attached hydrogen (secondary N) is 2. The van der Waals surface area contributed by atoms with E-state index in [0.29, 0.717) is 11.4 Å². The number of aryl methyl sites for hydroxylation is 1. The van der Waals surface area contributed by atoms with Gasteiger partial charge < -0.3 is 15.4 Å². The number of methoxy groups -OCH3 is 1. The molecule has 22 heavy (non-hydrogen) atoms. The Kier molecular flexibility index (Phi) is 5.14. The molecule has 0 unspecified atom stereocenters. The molecule has 0 aliphatic heterocycles. The van der Waals surface area contributed by atoms with Gasteiger partial charge in [-0.25, -0.2) is 0 Å². The van der Waals surface area contributed by atoms with Crippen LogP contribution in [0.15, 0.2) is 48.5 Å². The van der Waals surface area contributed by atoms with E-state index in [-0.39, 0.29) is 6.54 Å². The van der Waals surface area contributed by atoms with E-state index >= 15 is 0 Å². The molecule has 2 rings (SSSR count). The summed E-state index contributed by atoms with van der Waals surface area (Å²) in [7, 11) is 1.58. The second-order valence-corrected chi connectivity index (χ2v) is 4.85. The van der Waals surface area contributed by atoms with Gasteiger partial charge in [0.05, 0.1) is 7.11 Å². The molecule has 0 atom stereocenters. The Morgan fingerprint density at radius 3 is 2.45 bits per heavy atom. The van der Waals surface area contributed by atoms with Gasteiger partial charge in [-0.3, -0.25) is 9.59 Å². The van der Waals surface area contributed by atoms with Crippen LogP contribution in [0.5, 0.6) is 5.75 Å². The van der Waals surface area contributed by atoms with Crippen molar-refractivity contribution >= 4 is 17.5 Å². The molecule has 0 radical (unpaired) electrons. The first-order valence-electron chi connectivity index (χ1n) is 6.87. The van der Waals surface area contributed by atoms with Gasteiger partial charge in [0.1, 0.15) is 5.75 Å². The molecule has 0 spiro atoms. The van der Waals surface area contributed by atoms with Gasteiger partial charge in [-0.05, 0) is 36.8 Å². The van der Waals surface area contributed by atoms with Gasteiger partial charge in [-0.1, -0.05) is 29.8 Å². The van der Waals surface area contributed by atoms with Crippen LogP contribution in [0.4, 0.5) is 5.69 Å². The number of anilines is 1. The maximum absolute atomic E-state index is 11.8. The Hall–Kier alpha value is -2.82. The fraction of sp³-hybridized carbons (Fsp3) is 0.176. The number of carbonyl (C=O) groups is 2. The number of carbonyl (C=O) groups excluding carboxylic acids is 2. The molecule has 0 aliphatic carbocycles. The molecule has 2 amide bonds. The summed E-state index contributed by atoms with van der Waals surface area (Å²) < 4.78 is 5.11. The smallest absolute Gasteiger partial charge is 0.313 e. The first-order valence-corrected chi connectivity index (χ1v) is 6.87. The fourth-order valence-electron chi connectivity index (χ4n) is 1.87. The Morgan fingerprint density at radius 1 is 1.05 bits per heavy atom. The highest BCUT2D eigenvalue weighted by Gasteiger charge is 2.13. The highest BCUT2D eigenvalue weighted by molar-refractivity contribution is 6.39. The van der Waals surface area contributed by atoms with Crippen molar-refractivity contribution < 1.29 is 14.3 Å². The number of rotatable bonds is 4. The van der Waals surface area contributed by atoms with Gasteiger partial charge in [0.25, 0.3) is 0 Å². The molecule has 5 heteroatoms. The molecule has 114 valence electrons. The van der Waals surface area contributed by atoms with Gasteiger partial charge in [0.2, 0.25) is 0 Å². The van der Waals surface area contributed by atoms with Gasteiger partial charge in [-0.15, -0.1) is 0 Å². The minimum Gasteiger partial charge on any atom is -0.497 e. The van der Waals surface area contributed by atoms with Gasteiger partial charge in [0.15, 0.2) is 0 Å². The van der Waals surface area contributed by atoms with Crippen molar-refractivity contribution in [1.82, 2.24) is 5.32 Å². The molecule has 0 heterocycles. The van der Waals surface area contributed by atoms with Crippen LogP contribution in [-0.2, 0) is 16.1 Å². The van der Waals surface area contributed by atoms with Gasteiger partial charge in [-0.2, -0.15) is 0 Å².